The Morgan fingerprint density at radius 2 is 1.87 bits per heavy atom. The zero-order valence-corrected chi connectivity index (χ0v) is 21.6. The summed E-state index contributed by atoms with van der Waals surface area (Å²) in [4.78, 5) is 7.46. The first-order valence-corrected chi connectivity index (χ1v) is 12.4. The van der Waals surface area contributed by atoms with E-state index < -0.39 is 0 Å². The standard InChI is InChI=1S/C26H49N5/c1-9-28-16-13-17-29(6)25(18-21(2)3)26-24(31(8)22(4)5)15-12-10-11-14-23(19-27)20-30(26)7/h14-15,21-22,25-26,28H,9-13,16-18,20H2,1-8H3/b23-14-,24-15?. The van der Waals surface area contributed by atoms with Gasteiger partial charge in [-0.2, -0.15) is 5.26 Å². The van der Waals surface area contributed by atoms with Gasteiger partial charge in [-0.25, -0.2) is 0 Å². The van der Waals surface area contributed by atoms with Gasteiger partial charge < -0.3 is 15.1 Å². The molecular weight excluding hydrogens is 382 g/mol. The fraction of sp³-hybridized carbons (Fsp3) is 0.808. The highest BCUT2D eigenvalue weighted by Crippen LogP contribution is 2.28. The number of likely N-dealkylation sites (N-methyl/N-ethyl adjacent to an activating group) is 3. The molecule has 0 aromatic rings. The van der Waals surface area contributed by atoms with Crippen LogP contribution in [0.25, 0.3) is 0 Å². The molecule has 0 radical (unpaired) electrons. The second-order valence-corrected chi connectivity index (χ2v) is 9.85. The summed E-state index contributed by atoms with van der Waals surface area (Å²) in [7, 11) is 6.74. The van der Waals surface area contributed by atoms with E-state index in [2.05, 4.69) is 94.0 Å². The number of nitrogens with one attached hydrogen (secondary N) is 1. The first kappa shape index (κ1) is 27.7. The van der Waals surface area contributed by atoms with E-state index in [-0.39, 0.29) is 6.04 Å². The van der Waals surface area contributed by atoms with Crippen LogP contribution < -0.4 is 5.32 Å². The smallest absolute Gasteiger partial charge is 0.0957 e. The van der Waals surface area contributed by atoms with Crippen LogP contribution in [0.15, 0.2) is 23.4 Å². The number of allylic oxidation sites excluding steroid dienone is 2. The fourth-order valence-corrected chi connectivity index (χ4v) is 4.47. The molecule has 2 unspecified atom stereocenters. The molecule has 0 bridgehead atoms. The van der Waals surface area contributed by atoms with E-state index in [9.17, 15) is 5.26 Å². The van der Waals surface area contributed by atoms with Crippen LogP contribution in [0.2, 0.25) is 0 Å². The van der Waals surface area contributed by atoms with E-state index in [1.807, 2.05) is 0 Å². The van der Waals surface area contributed by atoms with Crippen molar-refractivity contribution in [1.29, 1.82) is 5.26 Å². The molecule has 5 heteroatoms. The number of hydrogen-bond acceptors (Lipinski definition) is 5. The molecule has 0 saturated heterocycles. The Kier molecular flexibility index (Phi) is 13.1. The molecule has 5 nitrogen and oxygen atoms in total. The van der Waals surface area contributed by atoms with Gasteiger partial charge in [-0.15, -0.1) is 0 Å². The first-order chi connectivity index (χ1) is 14.7. The highest BCUT2D eigenvalue weighted by molar-refractivity contribution is 5.25. The lowest BCUT2D eigenvalue weighted by Gasteiger charge is -2.45. The normalized spacial score (nSPS) is 21.5. The quantitative estimate of drug-likeness (QED) is 0.488. The third kappa shape index (κ3) is 9.35. The Morgan fingerprint density at radius 1 is 1.19 bits per heavy atom. The molecule has 0 spiro atoms. The van der Waals surface area contributed by atoms with E-state index in [0.29, 0.717) is 24.5 Å². The van der Waals surface area contributed by atoms with Crippen LogP contribution in [-0.4, -0.2) is 80.1 Å². The van der Waals surface area contributed by atoms with E-state index in [4.69, 9.17) is 0 Å². The highest BCUT2D eigenvalue weighted by atomic mass is 15.3. The summed E-state index contributed by atoms with van der Waals surface area (Å²) >= 11 is 0. The molecule has 2 atom stereocenters. The molecule has 1 heterocycles. The summed E-state index contributed by atoms with van der Waals surface area (Å²) in [6.07, 6.45) is 10.1. The summed E-state index contributed by atoms with van der Waals surface area (Å²) in [6.45, 7) is 15.2. The van der Waals surface area contributed by atoms with Crippen molar-refractivity contribution in [3.63, 3.8) is 0 Å². The number of nitriles is 1. The Balaban J connectivity index is 3.34. The van der Waals surface area contributed by atoms with E-state index in [0.717, 1.165) is 57.3 Å². The molecular formula is C26H49N5. The van der Waals surface area contributed by atoms with Crippen molar-refractivity contribution in [3.8, 4) is 6.07 Å². The third-order valence-electron chi connectivity index (χ3n) is 6.43. The maximum absolute atomic E-state index is 9.71. The minimum Gasteiger partial charge on any atom is -0.374 e. The molecule has 0 saturated carbocycles. The Labute approximate surface area is 193 Å². The molecule has 1 rings (SSSR count). The summed E-state index contributed by atoms with van der Waals surface area (Å²) in [5.41, 5.74) is 2.32. The topological polar surface area (TPSA) is 45.5 Å². The van der Waals surface area contributed by atoms with Gasteiger partial charge >= 0.3 is 0 Å². The summed E-state index contributed by atoms with van der Waals surface area (Å²) < 4.78 is 0. The maximum Gasteiger partial charge on any atom is 0.0957 e. The summed E-state index contributed by atoms with van der Waals surface area (Å²) in [6, 6.07) is 3.56. The molecule has 0 fully saturated rings. The van der Waals surface area contributed by atoms with Crippen molar-refractivity contribution >= 4 is 0 Å². The molecule has 178 valence electrons. The highest BCUT2D eigenvalue weighted by Gasteiger charge is 2.34. The zero-order valence-electron chi connectivity index (χ0n) is 21.6. The predicted octanol–water partition coefficient (Wildman–Crippen LogP) is 4.49. The summed E-state index contributed by atoms with van der Waals surface area (Å²) in [5, 5.41) is 13.2. The van der Waals surface area contributed by atoms with Gasteiger partial charge in [0.05, 0.1) is 12.1 Å². The van der Waals surface area contributed by atoms with Crippen molar-refractivity contribution in [1.82, 2.24) is 20.0 Å². The van der Waals surface area contributed by atoms with Gasteiger partial charge in [-0.1, -0.05) is 32.9 Å². The number of nitrogens with zero attached hydrogens (tertiary/aromatic N) is 4. The van der Waals surface area contributed by atoms with Crippen molar-refractivity contribution in [2.24, 2.45) is 5.92 Å². The molecule has 0 amide bonds. The lowest BCUT2D eigenvalue weighted by Crippen LogP contribution is -2.54. The maximum atomic E-state index is 9.71. The van der Waals surface area contributed by atoms with Crippen LogP contribution in [0.3, 0.4) is 0 Å². The van der Waals surface area contributed by atoms with Crippen molar-refractivity contribution < 1.29 is 0 Å². The van der Waals surface area contributed by atoms with E-state index in [1.54, 1.807) is 0 Å². The second-order valence-electron chi connectivity index (χ2n) is 9.85. The van der Waals surface area contributed by atoms with Crippen molar-refractivity contribution in [2.45, 2.75) is 84.8 Å². The average molecular weight is 432 g/mol. The van der Waals surface area contributed by atoms with Gasteiger partial charge in [0.25, 0.3) is 0 Å². The average Bonchev–Trinajstić information content (AvgIpc) is 2.72. The molecule has 31 heavy (non-hydrogen) atoms. The Bertz CT molecular complexity index is 601. The van der Waals surface area contributed by atoms with Crippen LogP contribution in [-0.2, 0) is 0 Å². The monoisotopic (exact) mass is 431 g/mol. The first-order valence-electron chi connectivity index (χ1n) is 12.4. The van der Waals surface area contributed by atoms with Gasteiger partial charge in [0, 0.05) is 36.9 Å². The van der Waals surface area contributed by atoms with Crippen LogP contribution in [0, 0.1) is 17.2 Å². The van der Waals surface area contributed by atoms with Gasteiger partial charge in [-0.05, 0) is 85.6 Å². The molecule has 0 aromatic heterocycles. The van der Waals surface area contributed by atoms with Gasteiger partial charge in [0.1, 0.15) is 0 Å². The minimum absolute atomic E-state index is 0.258. The third-order valence-corrected chi connectivity index (χ3v) is 6.43. The SMILES string of the molecule is CCNCCCN(C)C(CC(C)C)C1C(N(C)C(C)C)=CCCC/C=C(/C#N)CN1C. The van der Waals surface area contributed by atoms with Crippen LogP contribution >= 0.6 is 0 Å². The van der Waals surface area contributed by atoms with Crippen molar-refractivity contribution in [3.05, 3.63) is 23.4 Å². The van der Waals surface area contributed by atoms with Crippen LogP contribution in [0.4, 0.5) is 0 Å². The van der Waals surface area contributed by atoms with Crippen LogP contribution in [0.1, 0.15) is 66.7 Å². The Morgan fingerprint density at radius 3 is 2.45 bits per heavy atom. The molecule has 0 aliphatic carbocycles. The number of rotatable bonds is 11. The van der Waals surface area contributed by atoms with E-state index >= 15 is 0 Å². The largest absolute Gasteiger partial charge is 0.374 e. The molecule has 1 aliphatic rings. The predicted molar refractivity (Wildman–Crippen MR) is 134 cm³/mol. The second kappa shape index (κ2) is 14.7. The van der Waals surface area contributed by atoms with Gasteiger partial charge in [0.2, 0.25) is 0 Å². The fourth-order valence-electron chi connectivity index (χ4n) is 4.47. The number of hydrogen-bond donors (Lipinski definition) is 1. The molecule has 1 aliphatic heterocycles. The van der Waals surface area contributed by atoms with Gasteiger partial charge in [-0.3, -0.25) is 4.90 Å². The summed E-state index contributed by atoms with van der Waals surface area (Å²) in [5.74, 6) is 0.613. The molecule has 0 aromatic carbocycles. The zero-order chi connectivity index (χ0) is 23.4. The lowest BCUT2D eigenvalue weighted by molar-refractivity contribution is 0.0992. The van der Waals surface area contributed by atoms with Crippen LogP contribution in [0.5, 0.6) is 0 Å². The Hall–Kier alpha value is -1.35. The van der Waals surface area contributed by atoms with Gasteiger partial charge in [0.15, 0.2) is 0 Å². The van der Waals surface area contributed by atoms with E-state index in [1.165, 1.54) is 5.70 Å². The minimum atomic E-state index is 0.258. The van der Waals surface area contributed by atoms with Crippen molar-refractivity contribution in [2.75, 3.05) is 47.3 Å². The molecule has 1 N–H and O–H groups in total. The lowest BCUT2D eigenvalue weighted by atomic mass is 9.90.